The molecule has 1 aliphatic rings. The molecule has 0 heterocycles. The molecule has 0 bridgehead atoms. The molecule has 0 aromatic heterocycles. The average Bonchev–Trinajstić information content (AvgIpc) is 3.94. The summed E-state index contributed by atoms with van der Waals surface area (Å²) in [4.78, 5) is 28.7. The summed E-state index contributed by atoms with van der Waals surface area (Å²) in [6.07, 6.45) is 1.40. The van der Waals surface area contributed by atoms with E-state index in [4.69, 9.17) is 16.2 Å². The number of imide groups is 1. The Hall–Kier alpha value is -4.55. The van der Waals surface area contributed by atoms with Gasteiger partial charge in [0, 0.05) is 24.2 Å². The third-order valence-electron chi connectivity index (χ3n) is 8.76. The Morgan fingerprint density at radius 3 is 1.98 bits per heavy atom. The van der Waals surface area contributed by atoms with Crippen LogP contribution in [-0.4, -0.2) is 62.2 Å². The summed E-state index contributed by atoms with van der Waals surface area (Å²) in [5.41, 5.74) is 15.5. The smallest absolute Gasteiger partial charge is 0.420 e. The van der Waals surface area contributed by atoms with Crippen LogP contribution >= 0.6 is 0 Å². The zero-order chi connectivity index (χ0) is 34.3. The Labute approximate surface area is 282 Å². The van der Waals surface area contributed by atoms with Crippen molar-refractivity contribution in [2.75, 3.05) is 30.9 Å². The van der Waals surface area contributed by atoms with Crippen LogP contribution in [0.5, 0.6) is 0 Å². The average molecular weight is 671 g/mol. The van der Waals surface area contributed by atoms with Crippen molar-refractivity contribution in [3.63, 3.8) is 0 Å². The van der Waals surface area contributed by atoms with Crippen LogP contribution in [0.1, 0.15) is 41.9 Å². The number of nitrogens with two attached hydrogens (primary N) is 2. The maximum atomic E-state index is 14.3. The zero-order valence-electron chi connectivity index (χ0n) is 26.9. The fourth-order valence-electron chi connectivity index (χ4n) is 5.98. The molecule has 252 valence electrons. The zero-order valence-corrected chi connectivity index (χ0v) is 27.7. The quantitative estimate of drug-likeness (QED) is 0.160. The molecule has 11 heteroatoms. The normalized spacial score (nSPS) is 14.4. The van der Waals surface area contributed by atoms with Crippen molar-refractivity contribution < 1.29 is 27.9 Å². The monoisotopic (exact) mass is 670 g/mol. The summed E-state index contributed by atoms with van der Waals surface area (Å²) < 4.78 is 34.1. The number of nitrogen functional groups attached to an aromatic ring is 1. The highest BCUT2D eigenvalue weighted by atomic mass is 32.2. The third-order valence-corrected chi connectivity index (χ3v) is 10.7. The number of ether oxygens (including phenoxy) is 1. The van der Waals surface area contributed by atoms with Crippen molar-refractivity contribution >= 4 is 33.4 Å². The number of aliphatic hydroxyl groups excluding tert-OH is 1. The molecule has 2 atom stereocenters. The Kier molecular flexibility index (Phi) is 11.3. The number of carbonyl (C=O) groups excluding carboxylic acids is 2. The summed E-state index contributed by atoms with van der Waals surface area (Å²) in [6, 6.07) is 29.8. The minimum Gasteiger partial charge on any atom is -0.452 e. The van der Waals surface area contributed by atoms with Crippen LogP contribution in [0.15, 0.2) is 114 Å². The number of nitrogens with zero attached hydrogens (tertiary/aromatic N) is 2. The van der Waals surface area contributed by atoms with Crippen LogP contribution in [-0.2, 0) is 26.0 Å². The number of aryl methyl sites for hydroxylation is 1. The minimum absolute atomic E-state index is 0.0963. The first-order valence-corrected chi connectivity index (χ1v) is 17.4. The maximum Gasteiger partial charge on any atom is 0.420 e. The van der Waals surface area contributed by atoms with Crippen LogP contribution in [0.4, 0.5) is 16.2 Å². The number of para-hydroxylation sites is 1. The van der Waals surface area contributed by atoms with Gasteiger partial charge in [-0.15, -0.1) is 0 Å². The fraction of sp³-hybridized carbons (Fsp3) is 0.297. The fourth-order valence-corrected chi connectivity index (χ4v) is 7.70. The molecule has 1 aliphatic carbocycles. The van der Waals surface area contributed by atoms with Crippen LogP contribution in [0.3, 0.4) is 0 Å². The van der Waals surface area contributed by atoms with Gasteiger partial charge in [0.05, 0.1) is 30.3 Å². The lowest BCUT2D eigenvalue weighted by atomic mass is 9.84. The van der Waals surface area contributed by atoms with Gasteiger partial charge in [-0.05, 0) is 78.6 Å². The number of benzene rings is 4. The third kappa shape index (κ3) is 7.94. The molecule has 4 aromatic carbocycles. The van der Waals surface area contributed by atoms with Crippen molar-refractivity contribution in [2.24, 2.45) is 11.7 Å². The molecule has 0 unspecified atom stereocenters. The van der Waals surface area contributed by atoms with Gasteiger partial charge in [-0.3, -0.25) is 4.79 Å². The standard InChI is InChI=1S/C37H42N4O6S/c1-47-37(44)41(36(43)35(39)34(28-11-4-2-5-12-28)29-13-6-3-7-14-29)33-15-9-8-10-27(33)18-21-31(25-42)40(24-26-16-17-26)48(45,46)32-22-19-30(38)20-23-32/h2-15,19-20,22-23,26,31,34-35,42H,16-18,21,24-25,38-39H2,1H3/t31-,35-/m0/s1. The van der Waals surface area contributed by atoms with Crippen molar-refractivity contribution in [1.29, 1.82) is 0 Å². The van der Waals surface area contributed by atoms with Crippen LogP contribution in [0.2, 0.25) is 0 Å². The first-order valence-electron chi connectivity index (χ1n) is 16.0. The van der Waals surface area contributed by atoms with Gasteiger partial charge >= 0.3 is 6.09 Å². The second-order valence-corrected chi connectivity index (χ2v) is 13.9. The number of anilines is 2. The molecule has 1 fully saturated rings. The van der Waals surface area contributed by atoms with Gasteiger partial charge in [-0.1, -0.05) is 78.9 Å². The molecule has 5 rings (SSSR count). The van der Waals surface area contributed by atoms with Crippen LogP contribution < -0.4 is 16.4 Å². The van der Waals surface area contributed by atoms with E-state index in [1.165, 1.54) is 35.7 Å². The SMILES string of the molecule is COC(=O)N(C(=O)[C@@H](N)C(c1ccccc1)c1ccccc1)c1ccccc1CC[C@@H](CO)N(CC1CC1)S(=O)(=O)c1ccc(N)cc1. The second-order valence-electron chi connectivity index (χ2n) is 12.1. The van der Waals surface area contributed by atoms with Gasteiger partial charge in [-0.25, -0.2) is 18.1 Å². The molecule has 2 amide bonds. The molecule has 48 heavy (non-hydrogen) atoms. The molecule has 4 aromatic rings. The van der Waals surface area contributed by atoms with E-state index in [0.717, 1.165) is 28.9 Å². The van der Waals surface area contributed by atoms with Crippen molar-refractivity contribution in [3.8, 4) is 0 Å². The Balaban J connectivity index is 1.45. The number of sulfonamides is 1. The summed E-state index contributed by atoms with van der Waals surface area (Å²) in [7, 11) is -2.76. The number of methoxy groups -OCH3 is 1. The number of rotatable bonds is 14. The number of amides is 2. The van der Waals surface area contributed by atoms with E-state index in [1.807, 2.05) is 60.7 Å². The summed E-state index contributed by atoms with van der Waals surface area (Å²) in [6.45, 7) is -0.134. The molecule has 5 N–H and O–H groups in total. The molecule has 0 spiro atoms. The molecule has 1 saturated carbocycles. The van der Waals surface area contributed by atoms with Crippen LogP contribution in [0, 0.1) is 5.92 Å². The van der Waals surface area contributed by atoms with E-state index < -0.39 is 46.6 Å². The lowest BCUT2D eigenvalue weighted by molar-refractivity contribution is -0.119. The maximum absolute atomic E-state index is 14.3. The van der Waals surface area contributed by atoms with Gasteiger partial charge in [0.2, 0.25) is 10.0 Å². The number of hydrogen-bond donors (Lipinski definition) is 3. The molecule has 0 aliphatic heterocycles. The highest BCUT2D eigenvalue weighted by molar-refractivity contribution is 7.89. The highest BCUT2D eigenvalue weighted by Crippen LogP contribution is 2.35. The van der Waals surface area contributed by atoms with E-state index in [0.29, 0.717) is 11.3 Å². The van der Waals surface area contributed by atoms with Gasteiger partial charge in [0.15, 0.2) is 0 Å². The van der Waals surface area contributed by atoms with Crippen LogP contribution in [0.25, 0.3) is 0 Å². The van der Waals surface area contributed by atoms with Gasteiger partial charge in [-0.2, -0.15) is 4.31 Å². The largest absolute Gasteiger partial charge is 0.452 e. The molecular weight excluding hydrogens is 628 g/mol. The van der Waals surface area contributed by atoms with Gasteiger partial charge in [0.25, 0.3) is 5.91 Å². The highest BCUT2D eigenvalue weighted by Gasteiger charge is 2.38. The second kappa shape index (κ2) is 15.6. The predicted octanol–water partition coefficient (Wildman–Crippen LogP) is 4.92. The Morgan fingerprint density at radius 1 is 0.875 bits per heavy atom. The van der Waals surface area contributed by atoms with E-state index >= 15 is 0 Å². The van der Waals surface area contributed by atoms with Crippen molar-refractivity contribution in [2.45, 2.75) is 48.6 Å². The topological polar surface area (TPSA) is 156 Å². The lowest BCUT2D eigenvalue weighted by Gasteiger charge is -2.31. The number of carbonyl (C=O) groups is 2. The molecule has 0 radical (unpaired) electrons. The van der Waals surface area contributed by atoms with Gasteiger partial charge in [0.1, 0.15) is 0 Å². The van der Waals surface area contributed by atoms with E-state index in [-0.39, 0.29) is 35.9 Å². The molecular formula is C37H42N4O6S. The van der Waals surface area contributed by atoms with Crippen molar-refractivity contribution in [3.05, 3.63) is 126 Å². The van der Waals surface area contributed by atoms with Crippen molar-refractivity contribution in [1.82, 2.24) is 4.31 Å². The minimum atomic E-state index is -3.96. The Bertz CT molecular complexity index is 1740. The molecule has 10 nitrogen and oxygen atoms in total. The van der Waals surface area contributed by atoms with Gasteiger partial charge < -0.3 is 21.3 Å². The number of hydrogen-bond acceptors (Lipinski definition) is 8. The first kappa shape index (κ1) is 34.8. The number of aliphatic hydroxyl groups is 1. The Morgan fingerprint density at radius 2 is 1.44 bits per heavy atom. The summed E-state index contributed by atoms with van der Waals surface area (Å²) in [5, 5.41) is 10.5. The van der Waals surface area contributed by atoms with E-state index in [9.17, 15) is 23.1 Å². The summed E-state index contributed by atoms with van der Waals surface area (Å²) in [5.74, 6) is -1.01. The molecule has 0 saturated heterocycles. The lowest BCUT2D eigenvalue weighted by Crippen LogP contribution is -2.50. The first-order chi connectivity index (χ1) is 23.1. The van der Waals surface area contributed by atoms with E-state index in [2.05, 4.69) is 0 Å². The predicted molar refractivity (Wildman–Crippen MR) is 186 cm³/mol. The van der Waals surface area contributed by atoms with E-state index in [1.54, 1.807) is 24.3 Å². The summed E-state index contributed by atoms with van der Waals surface area (Å²) >= 11 is 0.